The maximum Gasteiger partial charge on any atom is 0.253 e. The number of nitrogens with zero attached hydrogens (tertiary/aromatic N) is 1. The lowest BCUT2D eigenvalue weighted by atomic mass is 10.1. The van der Waals surface area contributed by atoms with Crippen LogP contribution in [0.4, 0.5) is 5.69 Å². The predicted octanol–water partition coefficient (Wildman–Crippen LogP) is 2.36. The topological polar surface area (TPSA) is 77.2 Å². The molecule has 20 heavy (non-hydrogen) atoms. The lowest BCUT2D eigenvalue weighted by molar-refractivity contribution is 0.0950. The maximum absolute atomic E-state index is 12.0. The van der Waals surface area contributed by atoms with Crippen LogP contribution in [0.1, 0.15) is 15.9 Å². The second kappa shape index (κ2) is 6.38. The third-order valence-electron chi connectivity index (χ3n) is 2.71. The highest BCUT2D eigenvalue weighted by Gasteiger charge is 2.09. The first-order chi connectivity index (χ1) is 9.60. The van der Waals surface area contributed by atoms with Crippen molar-refractivity contribution in [3.8, 4) is 5.75 Å². The largest absolute Gasteiger partial charge is 0.496 e. The fourth-order valence-corrected chi connectivity index (χ4v) is 2.12. The van der Waals surface area contributed by atoms with E-state index in [1.165, 1.54) is 6.20 Å². The number of carbonyl (C=O) groups excluding carboxylic acids is 1. The molecule has 0 saturated heterocycles. The number of hydrogen-bond donors (Lipinski definition) is 2. The predicted molar refractivity (Wildman–Crippen MR) is 80.5 cm³/mol. The van der Waals surface area contributed by atoms with Crippen molar-refractivity contribution in [2.45, 2.75) is 6.54 Å². The lowest BCUT2D eigenvalue weighted by Crippen LogP contribution is -2.23. The second-order valence-electron chi connectivity index (χ2n) is 4.15. The zero-order valence-corrected chi connectivity index (χ0v) is 12.5. The number of nitrogens with two attached hydrogens (primary N) is 1. The Labute approximate surface area is 125 Å². The summed E-state index contributed by atoms with van der Waals surface area (Å²) < 4.78 is 5.99. The molecular weight excluding hydrogens is 322 g/mol. The Morgan fingerprint density at radius 3 is 2.90 bits per heavy atom. The molecule has 0 atom stereocenters. The van der Waals surface area contributed by atoms with Crippen molar-refractivity contribution in [3.63, 3.8) is 0 Å². The number of anilines is 1. The number of amides is 1. The van der Waals surface area contributed by atoms with Crippen molar-refractivity contribution in [1.29, 1.82) is 0 Å². The van der Waals surface area contributed by atoms with Crippen molar-refractivity contribution in [1.82, 2.24) is 10.3 Å². The average molecular weight is 336 g/mol. The van der Waals surface area contributed by atoms with E-state index in [0.717, 1.165) is 10.0 Å². The van der Waals surface area contributed by atoms with Gasteiger partial charge in [0.05, 0.1) is 12.7 Å². The summed E-state index contributed by atoms with van der Waals surface area (Å²) in [5.41, 5.74) is 7.67. The average Bonchev–Trinajstić information content (AvgIpc) is 2.45. The summed E-state index contributed by atoms with van der Waals surface area (Å²) in [6, 6.07) is 7.01. The number of methoxy groups -OCH3 is 1. The fraction of sp³-hybridized carbons (Fsp3) is 0.143. The van der Waals surface area contributed by atoms with E-state index >= 15 is 0 Å². The molecule has 0 fully saturated rings. The first kappa shape index (κ1) is 14.3. The normalized spacial score (nSPS) is 10.1. The van der Waals surface area contributed by atoms with Gasteiger partial charge in [0.1, 0.15) is 5.75 Å². The molecule has 104 valence electrons. The van der Waals surface area contributed by atoms with Gasteiger partial charge in [-0.3, -0.25) is 9.78 Å². The summed E-state index contributed by atoms with van der Waals surface area (Å²) in [5.74, 6) is 0.482. The van der Waals surface area contributed by atoms with Crippen LogP contribution in [0, 0.1) is 0 Å². The van der Waals surface area contributed by atoms with E-state index < -0.39 is 0 Å². The molecule has 0 saturated carbocycles. The molecule has 1 amide bonds. The van der Waals surface area contributed by atoms with Gasteiger partial charge in [-0.05, 0) is 40.2 Å². The number of pyridine rings is 1. The molecule has 2 aromatic rings. The summed E-state index contributed by atoms with van der Waals surface area (Å²) in [7, 11) is 1.58. The number of nitrogens with one attached hydrogen (secondary N) is 1. The van der Waals surface area contributed by atoms with Crippen molar-refractivity contribution in [2.24, 2.45) is 0 Å². The van der Waals surface area contributed by atoms with Gasteiger partial charge in [0.25, 0.3) is 5.91 Å². The van der Waals surface area contributed by atoms with Gasteiger partial charge in [0.15, 0.2) is 0 Å². The second-order valence-corrected chi connectivity index (χ2v) is 5.06. The van der Waals surface area contributed by atoms with Gasteiger partial charge >= 0.3 is 0 Å². The van der Waals surface area contributed by atoms with E-state index in [-0.39, 0.29) is 5.91 Å². The van der Waals surface area contributed by atoms with Crippen LogP contribution in [0.25, 0.3) is 0 Å². The molecule has 0 aliphatic carbocycles. The molecular formula is C14H14BrN3O2. The van der Waals surface area contributed by atoms with Gasteiger partial charge in [0.2, 0.25) is 0 Å². The van der Waals surface area contributed by atoms with Crippen LogP contribution in [0.5, 0.6) is 5.75 Å². The van der Waals surface area contributed by atoms with Crippen LogP contribution in [0.2, 0.25) is 0 Å². The van der Waals surface area contributed by atoms with E-state index in [4.69, 9.17) is 10.5 Å². The first-order valence-corrected chi connectivity index (χ1v) is 6.70. The van der Waals surface area contributed by atoms with Crippen LogP contribution in [0.15, 0.2) is 41.1 Å². The van der Waals surface area contributed by atoms with E-state index in [0.29, 0.717) is 23.5 Å². The number of carbonyl (C=O) groups is 1. The van der Waals surface area contributed by atoms with Crippen molar-refractivity contribution in [3.05, 3.63) is 52.3 Å². The smallest absolute Gasteiger partial charge is 0.253 e. The third-order valence-corrected chi connectivity index (χ3v) is 3.14. The SMILES string of the molecule is COc1ccc(N)cc1CNC(=O)c1cncc(Br)c1. The minimum Gasteiger partial charge on any atom is -0.496 e. The molecule has 0 radical (unpaired) electrons. The van der Waals surface area contributed by atoms with Crippen LogP contribution in [-0.2, 0) is 6.54 Å². The summed E-state index contributed by atoms with van der Waals surface area (Å²) in [4.78, 5) is 16.0. The van der Waals surface area contributed by atoms with Gasteiger partial charge < -0.3 is 15.8 Å². The van der Waals surface area contributed by atoms with Crippen LogP contribution in [0.3, 0.4) is 0 Å². The highest BCUT2D eigenvalue weighted by Crippen LogP contribution is 2.21. The standard InChI is InChI=1S/C14H14BrN3O2/c1-20-13-3-2-12(16)5-9(13)7-18-14(19)10-4-11(15)8-17-6-10/h2-6,8H,7,16H2,1H3,(H,18,19). The zero-order valence-electron chi connectivity index (χ0n) is 10.9. The van der Waals surface area contributed by atoms with Crippen LogP contribution < -0.4 is 15.8 Å². The summed E-state index contributed by atoms with van der Waals surface area (Å²) in [6.07, 6.45) is 3.13. The first-order valence-electron chi connectivity index (χ1n) is 5.91. The minimum absolute atomic E-state index is 0.205. The Morgan fingerprint density at radius 1 is 1.40 bits per heavy atom. The molecule has 1 heterocycles. The number of ether oxygens (including phenoxy) is 1. The number of hydrogen-bond acceptors (Lipinski definition) is 4. The summed E-state index contributed by atoms with van der Waals surface area (Å²) >= 11 is 3.28. The number of rotatable bonds is 4. The Bertz CT molecular complexity index is 632. The summed E-state index contributed by atoms with van der Waals surface area (Å²) in [5, 5.41) is 2.81. The molecule has 0 unspecified atom stereocenters. The molecule has 3 N–H and O–H groups in total. The Hall–Kier alpha value is -2.08. The van der Waals surface area contributed by atoms with Gasteiger partial charge in [-0.2, -0.15) is 0 Å². The van der Waals surface area contributed by atoms with Gasteiger partial charge in [-0.15, -0.1) is 0 Å². The van der Waals surface area contributed by atoms with E-state index in [9.17, 15) is 4.79 Å². The Morgan fingerprint density at radius 2 is 2.20 bits per heavy atom. The molecule has 6 heteroatoms. The maximum atomic E-state index is 12.0. The van der Waals surface area contributed by atoms with E-state index in [1.807, 2.05) is 0 Å². The monoisotopic (exact) mass is 335 g/mol. The van der Waals surface area contributed by atoms with E-state index in [2.05, 4.69) is 26.2 Å². The number of aromatic nitrogens is 1. The summed E-state index contributed by atoms with van der Waals surface area (Å²) in [6.45, 7) is 0.333. The molecule has 1 aromatic carbocycles. The van der Waals surface area contributed by atoms with Gasteiger partial charge in [0, 0.05) is 34.7 Å². The molecule has 1 aromatic heterocycles. The zero-order chi connectivity index (χ0) is 14.5. The number of halogens is 1. The third kappa shape index (κ3) is 3.48. The van der Waals surface area contributed by atoms with Crippen LogP contribution in [-0.4, -0.2) is 18.0 Å². The van der Waals surface area contributed by atoms with Crippen molar-refractivity contribution in [2.75, 3.05) is 12.8 Å². The van der Waals surface area contributed by atoms with Gasteiger partial charge in [-0.1, -0.05) is 0 Å². The molecule has 0 bridgehead atoms. The lowest BCUT2D eigenvalue weighted by Gasteiger charge is -2.10. The van der Waals surface area contributed by atoms with Crippen molar-refractivity contribution < 1.29 is 9.53 Å². The van der Waals surface area contributed by atoms with E-state index in [1.54, 1.807) is 37.6 Å². The van der Waals surface area contributed by atoms with Crippen LogP contribution >= 0.6 is 15.9 Å². The number of benzene rings is 1. The fourth-order valence-electron chi connectivity index (χ4n) is 1.75. The highest BCUT2D eigenvalue weighted by atomic mass is 79.9. The Kier molecular flexibility index (Phi) is 4.57. The quantitative estimate of drug-likeness (QED) is 0.841. The highest BCUT2D eigenvalue weighted by molar-refractivity contribution is 9.10. The molecule has 0 aliphatic heterocycles. The minimum atomic E-state index is -0.205. The Balaban J connectivity index is 2.09. The molecule has 0 aliphatic rings. The number of nitrogen functional groups attached to an aromatic ring is 1. The molecule has 0 spiro atoms. The van der Waals surface area contributed by atoms with Crippen molar-refractivity contribution >= 4 is 27.5 Å². The molecule has 5 nitrogen and oxygen atoms in total. The molecule has 2 rings (SSSR count). The van der Waals surface area contributed by atoms with Gasteiger partial charge in [-0.25, -0.2) is 0 Å².